The van der Waals surface area contributed by atoms with Gasteiger partial charge < -0.3 is 78.8 Å². The summed E-state index contributed by atoms with van der Waals surface area (Å²) in [5.41, 5.74) is 4.97. The largest absolute Gasteiger partial charge is 0.462 e. The molecule has 374 valence electrons. The number of cyclic esters (lactones) is 1. The van der Waals surface area contributed by atoms with Crippen molar-refractivity contribution in [3.8, 4) is 0 Å². The first-order chi connectivity index (χ1) is 30.4. The summed E-state index contributed by atoms with van der Waals surface area (Å²) in [4.78, 5) is 42.0. The number of amides is 1. The summed E-state index contributed by atoms with van der Waals surface area (Å²) in [5, 5.41) is 55.9. The first kappa shape index (κ1) is 55.1. The Labute approximate surface area is 383 Å². The Morgan fingerprint density at radius 2 is 1.52 bits per heavy atom. The zero-order valence-corrected chi connectivity index (χ0v) is 40.2. The van der Waals surface area contributed by atoms with Crippen LogP contribution in [-0.2, 0) is 57.0 Å². The van der Waals surface area contributed by atoms with E-state index in [0.29, 0.717) is 12.0 Å². The highest BCUT2D eigenvalue weighted by molar-refractivity contribution is 5.91. The van der Waals surface area contributed by atoms with E-state index in [1.165, 1.54) is 27.2 Å². The molecule has 1 amide bonds. The average Bonchev–Trinajstić information content (AvgIpc) is 3.22. The molecule has 0 saturated carbocycles. The first-order valence-electron chi connectivity index (χ1n) is 22.9. The normalized spacial score (nSPS) is 45.4. The third-order valence-electron chi connectivity index (χ3n) is 13.5. The molecule has 7 N–H and O–H groups in total. The number of carbonyl (C=O) groups excluding carboxylic acids is 3. The summed E-state index contributed by atoms with van der Waals surface area (Å²) in [6, 6.07) is -0.776. The molecule has 0 radical (unpaired) electrons. The molecule has 0 unspecified atom stereocenters. The minimum absolute atomic E-state index is 0.0204. The number of ether oxygens (including phenoxy) is 9. The van der Waals surface area contributed by atoms with Crippen LogP contribution >= 0.6 is 0 Å². The molecule has 0 aliphatic carbocycles. The fraction of sp³-hybridized carbons (Fsp3) is 0.848. The van der Waals surface area contributed by atoms with Gasteiger partial charge in [-0.05, 0) is 73.5 Å². The zero-order chi connectivity index (χ0) is 48.7. The molecule has 0 bridgehead atoms. The molecule has 0 spiro atoms. The maximum absolute atomic E-state index is 13.8. The molecule has 4 heterocycles. The molecule has 3 fully saturated rings. The summed E-state index contributed by atoms with van der Waals surface area (Å²) >= 11 is 0. The molecule has 0 aromatic rings. The lowest BCUT2D eigenvalue weighted by atomic mass is 9.79. The van der Waals surface area contributed by atoms with Gasteiger partial charge in [-0.15, -0.1) is 0 Å². The van der Waals surface area contributed by atoms with Crippen molar-refractivity contribution in [1.29, 1.82) is 0 Å². The molecule has 0 aromatic carbocycles. The molecule has 4 aliphatic heterocycles. The number of primary amides is 1. The highest BCUT2D eigenvalue weighted by Crippen LogP contribution is 2.38. The Balaban J connectivity index is 1.64. The highest BCUT2D eigenvalue weighted by Gasteiger charge is 2.52. The molecule has 4 rings (SSSR count). The molecule has 0 aromatic heterocycles. The molecule has 19 heteroatoms. The van der Waals surface area contributed by atoms with Gasteiger partial charge in [-0.25, -0.2) is 0 Å². The van der Waals surface area contributed by atoms with E-state index in [-0.39, 0.29) is 31.7 Å². The second-order valence-corrected chi connectivity index (χ2v) is 19.0. The fourth-order valence-corrected chi connectivity index (χ4v) is 9.61. The van der Waals surface area contributed by atoms with Crippen LogP contribution in [0.3, 0.4) is 0 Å². The predicted molar refractivity (Wildman–Crippen MR) is 233 cm³/mol. The summed E-state index contributed by atoms with van der Waals surface area (Å²) in [6.07, 6.45) is -9.96. The van der Waals surface area contributed by atoms with Crippen molar-refractivity contribution in [2.45, 2.75) is 191 Å². The number of nitrogens with two attached hydrogens (primary N) is 1. The van der Waals surface area contributed by atoms with E-state index < -0.39 is 146 Å². The monoisotopic (exact) mass is 931 g/mol. The van der Waals surface area contributed by atoms with Gasteiger partial charge in [0.25, 0.3) is 0 Å². The number of likely N-dealkylation sites (N-methyl/N-ethyl adjacent to an activating group) is 1. The van der Waals surface area contributed by atoms with E-state index in [2.05, 4.69) is 0 Å². The lowest BCUT2D eigenvalue weighted by Crippen LogP contribution is -2.65. The van der Waals surface area contributed by atoms with Crippen molar-refractivity contribution < 1.29 is 82.5 Å². The van der Waals surface area contributed by atoms with E-state index in [1.807, 2.05) is 13.0 Å². The minimum Gasteiger partial charge on any atom is -0.462 e. The smallest absolute Gasteiger partial charge is 0.308 e. The van der Waals surface area contributed by atoms with Crippen LogP contribution in [-0.4, -0.2) is 187 Å². The minimum atomic E-state index is -1.50. The lowest BCUT2D eigenvalue weighted by molar-refractivity contribution is -0.342. The fourth-order valence-electron chi connectivity index (χ4n) is 9.61. The van der Waals surface area contributed by atoms with Gasteiger partial charge in [0.15, 0.2) is 24.7 Å². The van der Waals surface area contributed by atoms with Crippen molar-refractivity contribution in [3.05, 3.63) is 23.8 Å². The van der Waals surface area contributed by atoms with Crippen molar-refractivity contribution in [3.63, 3.8) is 0 Å². The number of allylic oxidation sites excluding steroid dienone is 3. The number of aliphatic hydroxyl groups excluding tert-OH is 4. The van der Waals surface area contributed by atoms with Gasteiger partial charge in [-0.3, -0.25) is 14.4 Å². The van der Waals surface area contributed by atoms with Crippen LogP contribution in [0.25, 0.3) is 0 Å². The summed E-state index contributed by atoms with van der Waals surface area (Å²) < 4.78 is 54.7. The third kappa shape index (κ3) is 14.1. The SMILES string of the molecule is CC[C@H]1OC(=O)C[C@@H](O)[C@H](C)[C@@H](O[C@@H]2O[C@H](C)[C@@H](O[C@H]3C[C@@](C)(O)[C@@H](O)[C@H](C)O3)[C@H](N(C)C)[C@H]2O)[C@@H](CC(N)=O)C[C@@H](C)C(=O)/C=C/C(C)=C/[C@@H]1CO[C@@H]1O[C@H](C)[C@@H](O)[C@@H](OC)[C@H]1OC. The van der Waals surface area contributed by atoms with Crippen LogP contribution in [0.15, 0.2) is 23.8 Å². The van der Waals surface area contributed by atoms with Gasteiger partial charge in [-0.2, -0.15) is 0 Å². The van der Waals surface area contributed by atoms with Crippen LogP contribution < -0.4 is 5.73 Å². The molecular weight excluding hydrogens is 853 g/mol. The van der Waals surface area contributed by atoms with E-state index in [0.717, 1.165) is 0 Å². The van der Waals surface area contributed by atoms with E-state index in [9.17, 15) is 39.9 Å². The third-order valence-corrected chi connectivity index (χ3v) is 13.5. The number of hydrogen-bond donors (Lipinski definition) is 6. The Bertz CT molecular complexity index is 1610. The number of methoxy groups -OCH3 is 2. The number of nitrogens with zero attached hydrogens (tertiary/aromatic N) is 1. The molecule has 3 saturated heterocycles. The van der Waals surface area contributed by atoms with Crippen molar-refractivity contribution in [2.75, 3.05) is 34.9 Å². The predicted octanol–water partition coefficient (Wildman–Crippen LogP) is 1.12. The second kappa shape index (κ2) is 24.2. The Kier molecular flexibility index (Phi) is 20.5. The van der Waals surface area contributed by atoms with E-state index >= 15 is 0 Å². The lowest BCUT2D eigenvalue weighted by Gasteiger charge is -2.50. The number of esters is 1. The topological polar surface area (TPSA) is 265 Å². The molecule has 4 aliphatic rings. The van der Waals surface area contributed by atoms with Crippen LogP contribution in [0.1, 0.15) is 87.5 Å². The van der Waals surface area contributed by atoms with Crippen LogP contribution in [0.2, 0.25) is 0 Å². The Hall–Kier alpha value is -2.47. The maximum atomic E-state index is 13.8. The number of aliphatic hydroxyl groups is 5. The number of carbonyl (C=O) groups is 3. The van der Waals surface area contributed by atoms with Crippen molar-refractivity contribution >= 4 is 17.7 Å². The van der Waals surface area contributed by atoms with Crippen molar-refractivity contribution in [1.82, 2.24) is 4.90 Å². The van der Waals surface area contributed by atoms with Gasteiger partial charge in [0.05, 0.1) is 55.2 Å². The second-order valence-electron chi connectivity index (χ2n) is 19.0. The van der Waals surface area contributed by atoms with Gasteiger partial charge in [-0.1, -0.05) is 38.5 Å². The number of ketones is 1. The van der Waals surface area contributed by atoms with Gasteiger partial charge in [0.1, 0.15) is 42.7 Å². The first-order valence-corrected chi connectivity index (χ1v) is 22.9. The Morgan fingerprint density at radius 1 is 0.877 bits per heavy atom. The van der Waals surface area contributed by atoms with Crippen LogP contribution in [0.5, 0.6) is 0 Å². The van der Waals surface area contributed by atoms with E-state index in [1.54, 1.807) is 66.6 Å². The summed E-state index contributed by atoms with van der Waals surface area (Å²) in [5.74, 6) is -4.61. The van der Waals surface area contributed by atoms with E-state index in [4.69, 9.17) is 48.4 Å². The van der Waals surface area contributed by atoms with Gasteiger partial charge in [0.2, 0.25) is 5.91 Å². The molecule has 19 nitrogen and oxygen atoms in total. The maximum Gasteiger partial charge on any atom is 0.308 e. The number of hydrogen-bond acceptors (Lipinski definition) is 18. The number of rotatable bonds is 13. The average molecular weight is 931 g/mol. The van der Waals surface area contributed by atoms with Gasteiger partial charge >= 0.3 is 5.97 Å². The van der Waals surface area contributed by atoms with Crippen molar-refractivity contribution in [2.24, 2.45) is 29.4 Å². The van der Waals surface area contributed by atoms with Gasteiger partial charge in [0, 0.05) is 44.8 Å². The summed E-state index contributed by atoms with van der Waals surface area (Å²) in [6.45, 7) is 13.5. The highest BCUT2D eigenvalue weighted by atomic mass is 16.7. The standard InChI is InChI=1S/C46H78N2O17/c1-13-32-29(21-59-45-42(58-12)41(57-11)37(53)25(5)61-45)16-22(2)14-15-30(49)23(3)17-28(18-33(47)51)39(24(4)31(50)19-34(52)63-32)65-44-38(54)36(48(9)10)40(26(6)62-44)64-35-20-46(8,56)43(55)27(7)60-35/h14-16,23-29,31-32,35-45,50,53-56H,13,17-21H2,1-12H3,(H2,47,51)/b15-14+,22-16+/t23-,24+,25-,26-,27+,28-,29-,31-,32-,35+,36-,37-,38-,39-,40-,41-,42-,43+,44+,45-,46-/m1/s1. The quantitative estimate of drug-likeness (QED) is 0.141. The van der Waals surface area contributed by atoms with Crippen LogP contribution in [0, 0.1) is 23.7 Å². The summed E-state index contributed by atoms with van der Waals surface area (Å²) in [7, 11) is 6.40. The van der Waals surface area contributed by atoms with Crippen LogP contribution in [0.4, 0.5) is 0 Å². The molecular formula is C46H78N2O17. The Morgan fingerprint density at radius 3 is 2.11 bits per heavy atom. The molecule has 65 heavy (non-hydrogen) atoms. The molecule has 21 atom stereocenters. The zero-order valence-electron chi connectivity index (χ0n) is 40.2.